The number of hydrogen-bond donors (Lipinski definition) is 0. The number of nitrogens with zero attached hydrogens (tertiary/aromatic N) is 2. The van der Waals surface area contributed by atoms with E-state index in [0.29, 0.717) is 12.1 Å². The van der Waals surface area contributed by atoms with E-state index in [9.17, 15) is 4.79 Å². The second kappa shape index (κ2) is 4.40. The van der Waals surface area contributed by atoms with Gasteiger partial charge in [-0.1, -0.05) is 34.1 Å². The van der Waals surface area contributed by atoms with E-state index in [-0.39, 0.29) is 0 Å². The topological polar surface area (TPSA) is 34.9 Å². The zero-order valence-corrected chi connectivity index (χ0v) is 9.52. The Hall–Kier alpha value is -1.42. The standard InChI is InChI=1S/C11H9BrN2O/c12-11-4-2-1-3-10(11)7-14-6-9(8-15)5-13-14/h1-6,8H,7H2. The van der Waals surface area contributed by atoms with E-state index in [4.69, 9.17) is 0 Å². The van der Waals surface area contributed by atoms with Crippen LogP contribution in [0.3, 0.4) is 0 Å². The van der Waals surface area contributed by atoms with Gasteiger partial charge >= 0.3 is 0 Å². The quantitative estimate of drug-likeness (QED) is 0.799. The van der Waals surface area contributed by atoms with Gasteiger partial charge in [0.05, 0.1) is 18.3 Å². The van der Waals surface area contributed by atoms with E-state index in [0.717, 1.165) is 16.3 Å². The Kier molecular flexibility index (Phi) is 2.97. The minimum atomic E-state index is 0.599. The number of rotatable bonds is 3. The fraction of sp³-hybridized carbons (Fsp3) is 0.0909. The molecule has 0 radical (unpaired) electrons. The molecule has 0 amide bonds. The minimum Gasteiger partial charge on any atom is -0.298 e. The van der Waals surface area contributed by atoms with Gasteiger partial charge in [-0.15, -0.1) is 0 Å². The van der Waals surface area contributed by atoms with Crippen LogP contribution < -0.4 is 0 Å². The molecular weight excluding hydrogens is 256 g/mol. The first-order chi connectivity index (χ1) is 7.29. The van der Waals surface area contributed by atoms with Crippen LogP contribution in [0.2, 0.25) is 0 Å². The average molecular weight is 265 g/mol. The van der Waals surface area contributed by atoms with Gasteiger partial charge in [-0.25, -0.2) is 0 Å². The highest BCUT2D eigenvalue weighted by molar-refractivity contribution is 9.10. The molecule has 4 heteroatoms. The number of aldehydes is 1. The van der Waals surface area contributed by atoms with Crippen LogP contribution in [0.5, 0.6) is 0 Å². The molecule has 0 spiro atoms. The van der Waals surface area contributed by atoms with Crippen LogP contribution in [0.15, 0.2) is 41.1 Å². The lowest BCUT2D eigenvalue weighted by molar-refractivity contribution is 0.112. The highest BCUT2D eigenvalue weighted by atomic mass is 79.9. The van der Waals surface area contributed by atoms with Crippen LogP contribution >= 0.6 is 15.9 Å². The molecule has 0 unspecified atom stereocenters. The summed E-state index contributed by atoms with van der Waals surface area (Å²) in [6, 6.07) is 7.95. The van der Waals surface area contributed by atoms with Crippen molar-refractivity contribution < 1.29 is 4.79 Å². The molecule has 1 heterocycles. The maximum Gasteiger partial charge on any atom is 0.153 e. The van der Waals surface area contributed by atoms with Crippen LogP contribution in [0.1, 0.15) is 15.9 Å². The zero-order valence-electron chi connectivity index (χ0n) is 7.93. The normalized spacial score (nSPS) is 10.2. The Labute approximate surface area is 95.9 Å². The summed E-state index contributed by atoms with van der Waals surface area (Å²) in [7, 11) is 0. The van der Waals surface area contributed by atoms with Crippen molar-refractivity contribution in [3.8, 4) is 0 Å². The molecule has 1 aromatic heterocycles. The van der Waals surface area contributed by atoms with E-state index in [1.54, 1.807) is 17.1 Å². The number of aromatic nitrogens is 2. The van der Waals surface area contributed by atoms with Crippen molar-refractivity contribution in [2.24, 2.45) is 0 Å². The summed E-state index contributed by atoms with van der Waals surface area (Å²) >= 11 is 3.47. The van der Waals surface area contributed by atoms with Crippen molar-refractivity contribution in [3.05, 3.63) is 52.3 Å². The van der Waals surface area contributed by atoms with Gasteiger partial charge in [-0.05, 0) is 11.6 Å². The van der Waals surface area contributed by atoms with E-state index in [1.165, 1.54) is 0 Å². The lowest BCUT2D eigenvalue weighted by Gasteiger charge is -2.03. The third kappa shape index (κ3) is 2.33. The van der Waals surface area contributed by atoms with Gasteiger partial charge in [0.1, 0.15) is 0 Å². The molecule has 76 valence electrons. The molecule has 15 heavy (non-hydrogen) atoms. The number of halogens is 1. The Morgan fingerprint density at radius 2 is 2.20 bits per heavy atom. The second-order valence-corrected chi connectivity index (χ2v) is 4.03. The van der Waals surface area contributed by atoms with E-state index in [1.807, 2.05) is 24.3 Å². The molecule has 0 aliphatic carbocycles. The van der Waals surface area contributed by atoms with Crippen LogP contribution in [0.4, 0.5) is 0 Å². The molecular formula is C11H9BrN2O. The molecule has 0 aliphatic heterocycles. The second-order valence-electron chi connectivity index (χ2n) is 3.18. The maximum absolute atomic E-state index is 10.5. The number of hydrogen-bond acceptors (Lipinski definition) is 2. The van der Waals surface area contributed by atoms with Crippen LogP contribution in [0, 0.1) is 0 Å². The first-order valence-corrected chi connectivity index (χ1v) is 5.30. The highest BCUT2D eigenvalue weighted by Crippen LogP contribution is 2.16. The summed E-state index contributed by atoms with van der Waals surface area (Å²) < 4.78 is 2.79. The van der Waals surface area contributed by atoms with Gasteiger partial charge in [0.2, 0.25) is 0 Å². The Bertz CT molecular complexity index is 479. The third-order valence-electron chi connectivity index (χ3n) is 2.08. The molecule has 1 aromatic carbocycles. The third-order valence-corrected chi connectivity index (χ3v) is 2.85. The number of carbonyl (C=O) groups excluding carboxylic acids is 1. The molecule has 2 rings (SSSR count). The summed E-state index contributed by atoms with van der Waals surface area (Å²) in [5.74, 6) is 0. The van der Waals surface area contributed by atoms with Gasteiger partial charge in [-0.3, -0.25) is 9.48 Å². The largest absolute Gasteiger partial charge is 0.298 e. The summed E-state index contributed by atoms with van der Waals surface area (Å²) in [6.45, 7) is 0.662. The highest BCUT2D eigenvalue weighted by Gasteiger charge is 2.01. The molecule has 0 N–H and O–H groups in total. The predicted octanol–water partition coefficient (Wildman–Crippen LogP) is 2.51. The van der Waals surface area contributed by atoms with Crippen molar-refractivity contribution in [3.63, 3.8) is 0 Å². The van der Waals surface area contributed by atoms with E-state index in [2.05, 4.69) is 21.0 Å². The molecule has 0 aliphatic rings. The number of benzene rings is 1. The van der Waals surface area contributed by atoms with Gasteiger partial charge in [0.15, 0.2) is 6.29 Å². The summed E-state index contributed by atoms with van der Waals surface area (Å²) in [5.41, 5.74) is 1.74. The average Bonchev–Trinajstić information content (AvgIpc) is 2.69. The first kappa shape index (κ1) is 10.1. The smallest absolute Gasteiger partial charge is 0.153 e. The van der Waals surface area contributed by atoms with Gasteiger partial charge < -0.3 is 0 Å². The number of carbonyl (C=O) groups is 1. The summed E-state index contributed by atoms with van der Waals surface area (Å²) in [6.07, 6.45) is 4.08. The molecule has 0 atom stereocenters. The lowest BCUT2D eigenvalue weighted by Crippen LogP contribution is -2.00. The van der Waals surface area contributed by atoms with Crippen molar-refractivity contribution in [1.29, 1.82) is 0 Å². The molecule has 2 aromatic rings. The van der Waals surface area contributed by atoms with E-state index < -0.39 is 0 Å². The SMILES string of the molecule is O=Cc1cnn(Cc2ccccc2Br)c1. The van der Waals surface area contributed by atoms with Crippen molar-refractivity contribution in [2.75, 3.05) is 0 Å². The Balaban J connectivity index is 2.22. The Morgan fingerprint density at radius 1 is 1.40 bits per heavy atom. The van der Waals surface area contributed by atoms with Crippen LogP contribution in [0.25, 0.3) is 0 Å². The molecule has 0 bridgehead atoms. The van der Waals surface area contributed by atoms with Crippen molar-refractivity contribution in [2.45, 2.75) is 6.54 Å². The van der Waals surface area contributed by atoms with Crippen LogP contribution in [-0.2, 0) is 6.54 Å². The zero-order chi connectivity index (χ0) is 10.7. The predicted molar refractivity (Wildman–Crippen MR) is 60.9 cm³/mol. The minimum absolute atomic E-state index is 0.599. The van der Waals surface area contributed by atoms with Gasteiger partial charge in [0, 0.05) is 10.7 Å². The lowest BCUT2D eigenvalue weighted by atomic mass is 10.2. The Morgan fingerprint density at radius 3 is 2.87 bits per heavy atom. The monoisotopic (exact) mass is 264 g/mol. The molecule has 0 saturated carbocycles. The molecule has 0 fully saturated rings. The fourth-order valence-electron chi connectivity index (χ4n) is 1.33. The van der Waals surface area contributed by atoms with Gasteiger partial charge in [0.25, 0.3) is 0 Å². The summed E-state index contributed by atoms with van der Waals surface area (Å²) in [4.78, 5) is 10.5. The maximum atomic E-state index is 10.5. The van der Waals surface area contributed by atoms with E-state index >= 15 is 0 Å². The van der Waals surface area contributed by atoms with Crippen molar-refractivity contribution >= 4 is 22.2 Å². The first-order valence-electron chi connectivity index (χ1n) is 4.50. The summed E-state index contributed by atoms with van der Waals surface area (Å²) in [5, 5.41) is 4.09. The van der Waals surface area contributed by atoms with Crippen LogP contribution in [-0.4, -0.2) is 16.1 Å². The molecule has 0 saturated heterocycles. The fourth-order valence-corrected chi connectivity index (χ4v) is 1.74. The van der Waals surface area contributed by atoms with Gasteiger partial charge in [-0.2, -0.15) is 5.10 Å². The molecule has 3 nitrogen and oxygen atoms in total. The van der Waals surface area contributed by atoms with Crippen molar-refractivity contribution in [1.82, 2.24) is 9.78 Å².